The molecule has 1 aliphatic rings. The lowest BCUT2D eigenvalue weighted by Gasteiger charge is -2.16. The predicted octanol–water partition coefficient (Wildman–Crippen LogP) is 3.51. The Morgan fingerprint density at radius 2 is 2.00 bits per heavy atom. The Morgan fingerprint density at radius 3 is 2.74 bits per heavy atom. The van der Waals surface area contributed by atoms with E-state index in [-0.39, 0.29) is 11.8 Å². The lowest BCUT2D eigenvalue weighted by molar-refractivity contribution is -0.117. The molecule has 1 N–H and O–H groups in total. The van der Waals surface area contributed by atoms with E-state index in [1.165, 1.54) is 0 Å². The molecule has 3 rings (SSSR count). The number of hydrogen-bond donors (Lipinski definition) is 1. The quantitative estimate of drug-likeness (QED) is 0.892. The fourth-order valence-corrected chi connectivity index (χ4v) is 3.14. The molecule has 1 aliphatic heterocycles. The van der Waals surface area contributed by atoms with E-state index in [0.717, 1.165) is 28.7 Å². The summed E-state index contributed by atoms with van der Waals surface area (Å²) in [7, 11) is 0. The van der Waals surface area contributed by atoms with Gasteiger partial charge in [0.15, 0.2) is 0 Å². The van der Waals surface area contributed by atoms with Crippen LogP contribution < -0.4 is 10.2 Å². The summed E-state index contributed by atoms with van der Waals surface area (Å²) in [5, 5.41) is 2.91. The Kier molecular flexibility index (Phi) is 4.76. The molecule has 118 valence electrons. The Balaban J connectivity index is 1.68. The number of nitrogens with zero attached hydrogens (tertiary/aromatic N) is 1. The van der Waals surface area contributed by atoms with Crippen molar-refractivity contribution < 1.29 is 9.59 Å². The Bertz CT molecular complexity index is 745. The zero-order chi connectivity index (χ0) is 16.2. The van der Waals surface area contributed by atoms with E-state index in [1.54, 1.807) is 11.0 Å². The minimum atomic E-state index is -0.125. The van der Waals surface area contributed by atoms with Crippen LogP contribution in [-0.4, -0.2) is 18.4 Å². The van der Waals surface area contributed by atoms with E-state index in [1.807, 2.05) is 42.5 Å². The minimum Gasteiger partial charge on any atom is -0.348 e. The molecular formula is C18H17BrN2O2. The van der Waals surface area contributed by atoms with Gasteiger partial charge in [0.25, 0.3) is 5.91 Å². The Morgan fingerprint density at radius 1 is 1.17 bits per heavy atom. The van der Waals surface area contributed by atoms with Crippen LogP contribution in [-0.2, 0) is 11.3 Å². The van der Waals surface area contributed by atoms with E-state index in [2.05, 4.69) is 21.2 Å². The number of carbonyl (C=O) groups excluding carboxylic acids is 2. The number of rotatable bonds is 4. The summed E-state index contributed by atoms with van der Waals surface area (Å²) in [6.07, 6.45) is 1.52. The Labute approximate surface area is 143 Å². The summed E-state index contributed by atoms with van der Waals surface area (Å²) in [5.41, 5.74) is 2.49. The molecule has 0 atom stereocenters. The number of benzene rings is 2. The van der Waals surface area contributed by atoms with Crippen LogP contribution in [0.2, 0.25) is 0 Å². The van der Waals surface area contributed by atoms with Crippen LogP contribution in [0.25, 0.3) is 0 Å². The van der Waals surface area contributed by atoms with Gasteiger partial charge in [0.2, 0.25) is 5.91 Å². The fraction of sp³-hybridized carbons (Fsp3) is 0.222. The minimum absolute atomic E-state index is 0.125. The van der Waals surface area contributed by atoms with Crippen LogP contribution in [0, 0.1) is 0 Å². The third-order valence-corrected chi connectivity index (χ3v) is 4.56. The average Bonchev–Trinajstić information content (AvgIpc) is 2.99. The molecule has 1 heterocycles. The summed E-state index contributed by atoms with van der Waals surface area (Å²) in [5.74, 6) is 0.0412. The molecule has 1 saturated heterocycles. The van der Waals surface area contributed by atoms with Crippen LogP contribution in [0.4, 0.5) is 5.69 Å². The number of nitrogens with one attached hydrogen (secondary N) is 1. The van der Waals surface area contributed by atoms with Gasteiger partial charge in [-0.3, -0.25) is 9.59 Å². The SMILES string of the molecule is O=C(NCc1cccc(N2CCCC2=O)c1)c1ccccc1Br. The summed E-state index contributed by atoms with van der Waals surface area (Å²) in [6.45, 7) is 1.20. The van der Waals surface area contributed by atoms with Gasteiger partial charge in [0.05, 0.1) is 5.56 Å². The highest BCUT2D eigenvalue weighted by molar-refractivity contribution is 9.10. The van der Waals surface area contributed by atoms with E-state index in [4.69, 9.17) is 0 Å². The number of hydrogen-bond acceptors (Lipinski definition) is 2. The first-order valence-electron chi connectivity index (χ1n) is 7.57. The van der Waals surface area contributed by atoms with Gasteiger partial charge in [-0.1, -0.05) is 24.3 Å². The molecule has 0 spiro atoms. The highest BCUT2D eigenvalue weighted by Gasteiger charge is 2.21. The average molecular weight is 373 g/mol. The maximum Gasteiger partial charge on any atom is 0.252 e. The van der Waals surface area contributed by atoms with Gasteiger partial charge in [0, 0.05) is 29.7 Å². The second kappa shape index (κ2) is 6.96. The van der Waals surface area contributed by atoms with Crippen molar-refractivity contribution in [1.29, 1.82) is 0 Å². The van der Waals surface area contributed by atoms with Gasteiger partial charge >= 0.3 is 0 Å². The van der Waals surface area contributed by atoms with Gasteiger partial charge in [-0.2, -0.15) is 0 Å². The van der Waals surface area contributed by atoms with Crippen molar-refractivity contribution in [3.63, 3.8) is 0 Å². The molecule has 23 heavy (non-hydrogen) atoms. The summed E-state index contributed by atoms with van der Waals surface area (Å²) in [4.78, 5) is 25.9. The molecule has 0 saturated carbocycles. The lowest BCUT2D eigenvalue weighted by atomic mass is 10.1. The zero-order valence-corrected chi connectivity index (χ0v) is 14.2. The van der Waals surface area contributed by atoms with Crippen LogP contribution in [0.1, 0.15) is 28.8 Å². The molecule has 5 heteroatoms. The molecule has 2 amide bonds. The van der Waals surface area contributed by atoms with Crippen molar-refractivity contribution in [2.45, 2.75) is 19.4 Å². The first-order chi connectivity index (χ1) is 11.1. The van der Waals surface area contributed by atoms with E-state index >= 15 is 0 Å². The summed E-state index contributed by atoms with van der Waals surface area (Å²) < 4.78 is 0.772. The number of carbonyl (C=O) groups is 2. The van der Waals surface area contributed by atoms with Crippen molar-refractivity contribution in [2.24, 2.45) is 0 Å². The van der Waals surface area contributed by atoms with Crippen LogP contribution in [0.5, 0.6) is 0 Å². The van der Waals surface area contributed by atoms with Crippen molar-refractivity contribution in [3.05, 3.63) is 64.1 Å². The maximum atomic E-state index is 12.2. The van der Waals surface area contributed by atoms with Crippen LogP contribution >= 0.6 is 15.9 Å². The molecule has 0 aliphatic carbocycles. The van der Waals surface area contributed by atoms with Gasteiger partial charge in [-0.25, -0.2) is 0 Å². The van der Waals surface area contributed by atoms with Gasteiger partial charge < -0.3 is 10.2 Å². The van der Waals surface area contributed by atoms with E-state index in [0.29, 0.717) is 18.5 Å². The smallest absolute Gasteiger partial charge is 0.252 e. The van der Waals surface area contributed by atoms with E-state index < -0.39 is 0 Å². The molecule has 4 nitrogen and oxygen atoms in total. The summed E-state index contributed by atoms with van der Waals surface area (Å²) >= 11 is 3.38. The van der Waals surface area contributed by atoms with Crippen molar-refractivity contribution >= 4 is 33.4 Å². The first kappa shape index (κ1) is 15.7. The van der Waals surface area contributed by atoms with Crippen LogP contribution in [0.15, 0.2) is 53.0 Å². The van der Waals surface area contributed by atoms with Gasteiger partial charge in [0.1, 0.15) is 0 Å². The monoisotopic (exact) mass is 372 g/mol. The molecule has 0 bridgehead atoms. The van der Waals surface area contributed by atoms with Gasteiger partial charge in [-0.15, -0.1) is 0 Å². The Hall–Kier alpha value is -2.14. The normalized spacial score (nSPS) is 14.1. The molecular weight excluding hydrogens is 356 g/mol. The molecule has 2 aromatic rings. The van der Waals surface area contributed by atoms with Crippen molar-refractivity contribution in [2.75, 3.05) is 11.4 Å². The standard InChI is InChI=1S/C18H17BrN2O2/c19-16-8-2-1-7-15(16)18(23)20-12-13-5-3-6-14(11-13)21-10-4-9-17(21)22/h1-3,5-8,11H,4,9-10,12H2,(H,20,23). The topological polar surface area (TPSA) is 49.4 Å². The van der Waals surface area contributed by atoms with E-state index in [9.17, 15) is 9.59 Å². The number of anilines is 1. The third-order valence-electron chi connectivity index (χ3n) is 3.87. The molecule has 0 aromatic heterocycles. The molecule has 2 aromatic carbocycles. The van der Waals surface area contributed by atoms with Crippen molar-refractivity contribution in [3.8, 4) is 0 Å². The second-order valence-corrected chi connectivity index (χ2v) is 6.34. The lowest BCUT2D eigenvalue weighted by Crippen LogP contribution is -2.25. The molecule has 0 radical (unpaired) electrons. The highest BCUT2D eigenvalue weighted by atomic mass is 79.9. The third kappa shape index (κ3) is 3.62. The second-order valence-electron chi connectivity index (χ2n) is 5.48. The van der Waals surface area contributed by atoms with Crippen LogP contribution in [0.3, 0.4) is 0 Å². The highest BCUT2D eigenvalue weighted by Crippen LogP contribution is 2.22. The van der Waals surface area contributed by atoms with Crippen molar-refractivity contribution in [1.82, 2.24) is 5.32 Å². The van der Waals surface area contributed by atoms with Gasteiger partial charge in [-0.05, 0) is 52.2 Å². The molecule has 0 unspecified atom stereocenters. The zero-order valence-electron chi connectivity index (χ0n) is 12.6. The maximum absolute atomic E-state index is 12.2. The first-order valence-corrected chi connectivity index (χ1v) is 8.36. The molecule has 1 fully saturated rings. The number of amides is 2. The largest absolute Gasteiger partial charge is 0.348 e. The summed E-state index contributed by atoms with van der Waals surface area (Å²) in [6, 6.07) is 15.1. The predicted molar refractivity (Wildman–Crippen MR) is 93.3 cm³/mol. The number of halogens is 1. The fourth-order valence-electron chi connectivity index (χ4n) is 2.68.